The first-order chi connectivity index (χ1) is 12.6. The maximum Gasteiger partial charge on any atom is 0.255 e. The zero-order valence-corrected chi connectivity index (χ0v) is 14.6. The molecule has 2 amide bonds. The monoisotopic (exact) mass is 351 g/mol. The molecule has 0 unspecified atom stereocenters. The van der Waals surface area contributed by atoms with Crippen molar-refractivity contribution in [3.63, 3.8) is 0 Å². The molecule has 0 radical (unpaired) electrons. The summed E-state index contributed by atoms with van der Waals surface area (Å²) in [6, 6.07) is 15.7. The number of ether oxygens (including phenoxy) is 1. The molecule has 6 nitrogen and oxygen atoms in total. The third kappa shape index (κ3) is 5.64. The standard InChI is InChI=1S/C20H21N3O3/c1-2-26-18-7-4-3-6-17(18)20(25)22-13-5-8-19(24)23-16-11-9-15(14-21)10-12-16/h3-4,6-7,9-12H,2,5,8,13H2,1H3,(H,22,25)(H,23,24). The van der Waals surface area contributed by atoms with Crippen molar-refractivity contribution in [2.24, 2.45) is 0 Å². The average Bonchev–Trinajstić information content (AvgIpc) is 2.66. The summed E-state index contributed by atoms with van der Waals surface area (Å²) < 4.78 is 5.44. The fourth-order valence-corrected chi connectivity index (χ4v) is 2.33. The molecule has 134 valence electrons. The highest BCUT2D eigenvalue weighted by atomic mass is 16.5. The lowest BCUT2D eigenvalue weighted by molar-refractivity contribution is -0.116. The Labute approximate surface area is 152 Å². The molecule has 0 atom stereocenters. The van der Waals surface area contributed by atoms with E-state index in [1.165, 1.54) is 0 Å². The van der Waals surface area contributed by atoms with Crippen LogP contribution in [0.5, 0.6) is 5.75 Å². The van der Waals surface area contributed by atoms with Crippen molar-refractivity contribution in [3.8, 4) is 11.8 Å². The van der Waals surface area contributed by atoms with Crippen LogP contribution in [0, 0.1) is 11.3 Å². The van der Waals surface area contributed by atoms with Gasteiger partial charge in [-0.05, 0) is 49.7 Å². The van der Waals surface area contributed by atoms with Crippen molar-refractivity contribution >= 4 is 17.5 Å². The van der Waals surface area contributed by atoms with E-state index < -0.39 is 0 Å². The smallest absolute Gasteiger partial charge is 0.255 e. The number of benzene rings is 2. The Bertz CT molecular complexity index is 795. The molecule has 2 rings (SSSR count). The largest absolute Gasteiger partial charge is 0.493 e. The molecule has 0 aliphatic heterocycles. The molecular weight excluding hydrogens is 330 g/mol. The predicted molar refractivity (Wildman–Crippen MR) is 99.0 cm³/mol. The van der Waals surface area contributed by atoms with Crippen molar-refractivity contribution in [2.45, 2.75) is 19.8 Å². The molecule has 26 heavy (non-hydrogen) atoms. The molecule has 0 fully saturated rings. The summed E-state index contributed by atoms with van der Waals surface area (Å²) in [5.41, 5.74) is 1.66. The minimum Gasteiger partial charge on any atom is -0.493 e. The zero-order valence-electron chi connectivity index (χ0n) is 14.6. The molecule has 0 aliphatic rings. The summed E-state index contributed by atoms with van der Waals surface area (Å²) in [5.74, 6) is 0.186. The highest BCUT2D eigenvalue weighted by Gasteiger charge is 2.11. The van der Waals surface area contributed by atoms with Gasteiger partial charge >= 0.3 is 0 Å². The van der Waals surface area contributed by atoms with E-state index in [0.29, 0.717) is 42.1 Å². The predicted octanol–water partition coefficient (Wildman–Crippen LogP) is 3.11. The number of carbonyl (C=O) groups excluding carboxylic acids is 2. The first-order valence-corrected chi connectivity index (χ1v) is 8.44. The summed E-state index contributed by atoms with van der Waals surface area (Å²) in [4.78, 5) is 24.1. The van der Waals surface area contributed by atoms with E-state index in [1.54, 1.807) is 42.5 Å². The summed E-state index contributed by atoms with van der Waals surface area (Å²) in [5, 5.41) is 14.3. The Balaban J connectivity index is 1.75. The molecule has 2 aromatic rings. The van der Waals surface area contributed by atoms with Gasteiger partial charge in [-0.25, -0.2) is 0 Å². The van der Waals surface area contributed by atoms with E-state index in [4.69, 9.17) is 10.00 Å². The number of hydrogen-bond acceptors (Lipinski definition) is 4. The van der Waals surface area contributed by atoms with E-state index in [0.717, 1.165) is 0 Å². The van der Waals surface area contributed by atoms with Gasteiger partial charge in [0.05, 0.1) is 23.8 Å². The Kier molecular flexibility index (Phi) is 7.19. The van der Waals surface area contributed by atoms with Crippen LogP contribution in [0.2, 0.25) is 0 Å². The second-order valence-electron chi connectivity index (χ2n) is 5.53. The van der Waals surface area contributed by atoms with Gasteiger partial charge in [0.15, 0.2) is 0 Å². The number of nitrogens with zero attached hydrogens (tertiary/aromatic N) is 1. The minimum atomic E-state index is -0.221. The van der Waals surface area contributed by atoms with Gasteiger partial charge in [0, 0.05) is 18.7 Å². The number of para-hydroxylation sites is 1. The van der Waals surface area contributed by atoms with Crippen LogP contribution >= 0.6 is 0 Å². The van der Waals surface area contributed by atoms with Gasteiger partial charge in [-0.1, -0.05) is 12.1 Å². The highest BCUT2D eigenvalue weighted by Crippen LogP contribution is 2.17. The van der Waals surface area contributed by atoms with E-state index in [1.807, 2.05) is 19.1 Å². The molecular formula is C20H21N3O3. The molecule has 0 saturated heterocycles. The van der Waals surface area contributed by atoms with Crippen molar-refractivity contribution in [3.05, 3.63) is 59.7 Å². The normalized spacial score (nSPS) is 9.85. The second-order valence-corrected chi connectivity index (χ2v) is 5.53. The molecule has 0 saturated carbocycles. The Morgan fingerprint density at radius 2 is 1.85 bits per heavy atom. The van der Waals surface area contributed by atoms with Crippen LogP contribution in [0.25, 0.3) is 0 Å². The number of nitriles is 1. The van der Waals surface area contributed by atoms with Gasteiger partial charge in [-0.2, -0.15) is 5.26 Å². The maximum absolute atomic E-state index is 12.2. The number of nitrogens with one attached hydrogen (secondary N) is 2. The maximum atomic E-state index is 12.2. The zero-order chi connectivity index (χ0) is 18.8. The molecule has 0 aliphatic carbocycles. The first-order valence-electron chi connectivity index (χ1n) is 8.44. The van der Waals surface area contributed by atoms with Crippen molar-refractivity contribution in [1.82, 2.24) is 5.32 Å². The number of anilines is 1. The average molecular weight is 351 g/mol. The fourth-order valence-electron chi connectivity index (χ4n) is 2.33. The number of hydrogen-bond donors (Lipinski definition) is 2. The third-order valence-corrected chi connectivity index (χ3v) is 3.60. The summed E-state index contributed by atoms with van der Waals surface area (Å²) in [6.07, 6.45) is 0.804. The lowest BCUT2D eigenvalue weighted by Crippen LogP contribution is -2.26. The van der Waals surface area contributed by atoms with Crippen molar-refractivity contribution in [2.75, 3.05) is 18.5 Å². The van der Waals surface area contributed by atoms with Crippen LogP contribution in [0.15, 0.2) is 48.5 Å². The lowest BCUT2D eigenvalue weighted by Gasteiger charge is -2.10. The van der Waals surface area contributed by atoms with Crippen LogP contribution < -0.4 is 15.4 Å². The third-order valence-electron chi connectivity index (χ3n) is 3.60. The second kappa shape index (κ2) is 9.84. The van der Waals surface area contributed by atoms with Crippen LogP contribution in [0.1, 0.15) is 35.7 Å². The van der Waals surface area contributed by atoms with Gasteiger partial charge < -0.3 is 15.4 Å². The Morgan fingerprint density at radius 1 is 1.12 bits per heavy atom. The van der Waals surface area contributed by atoms with Gasteiger partial charge in [-0.15, -0.1) is 0 Å². The quantitative estimate of drug-likeness (QED) is 0.715. The van der Waals surface area contributed by atoms with Crippen LogP contribution in [0.4, 0.5) is 5.69 Å². The van der Waals surface area contributed by atoms with Gasteiger partial charge in [-0.3, -0.25) is 9.59 Å². The van der Waals surface area contributed by atoms with Crippen LogP contribution in [-0.2, 0) is 4.79 Å². The molecule has 0 spiro atoms. The lowest BCUT2D eigenvalue weighted by atomic mass is 10.2. The highest BCUT2D eigenvalue weighted by molar-refractivity contribution is 5.97. The van der Waals surface area contributed by atoms with E-state index in [9.17, 15) is 9.59 Å². The number of amides is 2. The molecule has 0 heterocycles. The first kappa shape index (κ1) is 19.0. The van der Waals surface area contributed by atoms with Crippen molar-refractivity contribution < 1.29 is 14.3 Å². The summed E-state index contributed by atoms with van der Waals surface area (Å²) >= 11 is 0. The molecule has 0 bridgehead atoms. The molecule has 2 N–H and O–H groups in total. The van der Waals surface area contributed by atoms with E-state index in [-0.39, 0.29) is 18.2 Å². The van der Waals surface area contributed by atoms with Gasteiger partial charge in [0.1, 0.15) is 5.75 Å². The topological polar surface area (TPSA) is 91.2 Å². The fraction of sp³-hybridized carbons (Fsp3) is 0.250. The van der Waals surface area contributed by atoms with Gasteiger partial charge in [0.25, 0.3) is 5.91 Å². The van der Waals surface area contributed by atoms with Crippen molar-refractivity contribution in [1.29, 1.82) is 5.26 Å². The number of carbonyl (C=O) groups is 2. The molecule has 2 aromatic carbocycles. The molecule has 6 heteroatoms. The van der Waals surface area contributed by atoms with Crippen LogP contribution in [-0.4, -0.2) is 25.0 Å². The van der Waals surface area contributed by atoms with Crippen LogP contribution in [0.3, 0.4) is 0 Å². The Hall–Kier alpha value is -3.33. The minimum absolute atomic E-state index is 0.140. The Morgan fingerprint density at radius 3 is 2.54 bits per heavy atom. The van der Waals surface area contributed by atoms with E-state index in [2.05, 4.69) is 10.6 Å². The summed E-state index contributed by atoms with van der Waals surface area (Å²) in [7, 11) is 0. The van der Waals surface area contributed by atoms with E-state index >= 15 is 0 Å². The SMILES string of the molecule is CCOc1ccccc1C(=O)NCCCC(=O)Nc1ccc(C#N)cc1. The molecule has 0 aromatic heterocycles. The van der Waals surface area contributed by atoms with Gasteiger partial charge in [0.2, 0.25) is 5.91 Å². The summed E-state index contributed by atoms with van der Waals surface area (Å²) in [6.45, 7) is 2.74. The number of rotatable bonds is 8.